The van der Waals surface area contributed by atoms with Crippen LogP contribution in [-0.2, 0) is 6.54 Å². The van der Waals surface area contributed by atoms with Crippen molar-refractivity contribution in [3.8, 4) is 0 Å². The van der Waals surface area contributed by atoms with Crippen LogP contribution in [0.15, 0.2) is 21.1 Å². The number of nitrogens with one attached hydrogen (secondary N) is 1. The Kier molecular flexibility index (Phi) is 3.85. The number of hydrogen-bond donors (Lipinski definition) is 1. The summed E-state index contributed by atoms with van der Waals surface area (Å²) < 4.78 is 11.5. The average molecular weight is 356 g/mol. The van der Waals surface area contributed by atoms with Crippen LogP contribution in [0, 0.1) is 5.92 Å². The van der Waals surface area contributed by atoms with Crippen molar-refractivity contribution in [3.63, 3.8) is 0 Å². The van der Waals surface area contributed by atoms with Gasteiger partial charge in [0.05, 0.1) is 12.6 Å². The second kappa shape index (κ2) is 6.23. The highest BCUT2D eigenvalue weighted by Gasteiger charge is 2.37. The van der Waals surface area contributed by atoms with Crippen LogP contribution in [0.2, 0.25) is 0 Å². The van der Waals surface area contributed by atoms with Crippen LogP contribution in [0.3, 0.4) is 0 Å². The number of hydrogen-bond acceptors (Lipinski definition) is 6. The molecular formula is C19H24N4O3. The molecule has 1 saturated heterocycles. The van der Waals surface area contributed by atoms with E-state index in [0.29, 0.717) is 11.8 Å². The third-order valence-corrected chi connectivity index (χ3v) is 5.72. The molecule has 3 fully saturated rings. The number of rotatable bonds is 6. The lowest BCUT2D eigenvalue weighted by Crippen LogP contribution is -2.26. The smallest absolute Gasteiger partial charge is 0.292 e. The molecule has 0 aromatic carbocycles. The van der Waals surface area contributed by atoms with Gasteiger partial charge < -0.3 is 14.3 Å². The van der Waals surface area contributed by atoms with Crippen LogP contribution < -0.4 is 5.32 Å². The summed E-state index contributed by atoms with van der Waals surface area (Å²) >= 11 is 0. The van der Waals surface area contributed by atoms with E-state index in [4.69, 9.17) is 8.94 Å². The lowest BCUT2D eigenvalue weighted by atomic mass is 10.2. The normalized spacial score (nSPS) is 28.4. The third kappa shape index (κ3) is 3.16. The maximum absolute atomic E-state index is 12.1. The highest BCUT2D eigenvalue weighted by molar-refractivity contribution is 5.90. The second-order valence-corrected chi connectivity index (χ2v) is 7.96. The molecule has 0 unspecified atom stereocenters. The van der Waals surface area contributed by atoms with Gasteiger partial charge in [0, 0.05) is 12.0 Å². The molecule has 2 aromatic rings. The van der Waals surface area contributed by atoms with Crippen LogP contribution in [0.4, 0.5) is 0 Å². The summed E-state index contributed by atoms with van der Waals surface area (Å²) in [7, 11) is 0. The molecule has 138 valence electrons. The molecule has 1 N–H and O–H groups in total. The summed E-state index contributed by atoms with van der Waals surface area (Å²) in [6.07, 6.45) is 5.34. The Morgan fingerprint density at radius 1 is 1.35 bits per heavy atom. The van der Waals surface area contributed by atoms with Crippen LogP contribution >= 0.6 is 0 Å². The molecule has 0 bridgehead atoms. The number of carbonyl (C=O) groups is 1. The lowest BCUT2D eigenvalue weighted by molar-refractivity contribution is 0.0937. The highest BCUT2D eigenvalue weighted by atomic mass is 16.5. The van der Waals surface area contributed by atoms with Gasteiger partial charge in [-0.3, -0.25) is 9.69 Å². The summed E-state index contributed by atoms with van der Waals surface area (Å²) in [5.41, 5.74) is 0. The molecule has 3 heterocycles. The van der Waals surface area contributed by atoms with Gasteiger partial charge in [0.15, 0.2) is 0 Å². The molecule has 0 spiro atoms. The van der Waals surface area contributed by atoms with Gasteiger partial charge in [-0.05, 0) is 56.7 Å². The molecule has 2 aliphatic carbocycles. The molecule has 2 aromatic heterocycles. The van der Waals surface area contributed by atoms with Crippen molar-refractivity contribution in [1.29, 1.82) is 0 Å². The maximum Gasteiger partial charge on any atom is 0.292 e. The molecule has 5 rings (SSSR count). The van der Waals surface area contributed by atoms with E-state index in [1.807, 2.05) is 0 Å². The number of aromatic nitrogens is 2. The largest absolute Gasteiger partial charge is 0.464 e. The van der Waals surface area contributed by atoms with E-state index >= 15 is 0 Å². The monoisotopic (exact) mass is 356 g/mol. The van der Waals surface area contributed by atoms with Crippen LogP contribution in [0.25, 0.3) is 0 Å². The summed E-state index contributed by atoms with van der Waals surface area (Å²) in [6.45, 7) is 3.96. The Balaban J connectivity index is 1.26. The fourth-order valence-corrected chi connectivity index (χ4v) is 3.83. The first-order chi connectivity index (χ1) is 12.7. The Labute approximate surface area is 152 Å². The van der Waals surface area contributed by atoms with Crippen molar-refractivity contribution in [3.05, 3.63) is 35.4 Å². The Bertz CT molecular complexity index is 809. The van der Waals surface area contributed by atoms with E-state index in [1.165, 1.54) is 6.42 Å². The number of nitrogens with zero attached hydrogens (tertiary/aromatic N) is 3. The molecule has 3 atom stereocenters. The van der Waals surface area contributed by atoms with Gasteiger partial charge in [0.1, 0.15) is 11.5 Å². The number of carbonyl (C=O) groups excluding carboxylic acids is 1. The van der Waals surface area contributed by atoms with Crippen LogP contribution in [-0.4, -0.2) is 33.5 Å². The van der Waals surface area contributed by atoms with E-state index in [1.54, 1.807) is 0 Å². The summed E-state index contributed by atoms with van der Waals surface area (Å²) in [6, 6.07) is 4.53. The zero-order chi connectivity index (χ0) is 17.7. The summed E-state index contributed by atoms with van der Waals surface area (Å²) in [5, 5.41) is 6.77. The van der Waals surface area contributed by atoms with Crippen LogP contribution in [0.5, 0.6) is 0 Å². The molecule has 26 heavy (non-hydrogen) atoms. The fraction of sp³-hybridized carbons (Fsp3) is 0.632. The highest BCUT2D eigenvalue weighted by Crippen LogP contribution is 2.47. The SMILES string of the molecule is C[C@@H]1C[C@H]1c1ccc(CN2CCC[C@H]2c2nc(C(=O)NC3CC3)no2)o1. The number of furan rings is 1. The van der Waals surface area contributed by atoms with Gasteiger partial charge >= 0.3 is 0 Å². The van der Waals surface area contributed by atoms with E-state index < -0.39 is 0 Å². The molecule has 7 heteroatoms. The zero-order valence-electron chi connectivity index (χ0n) is 15.0. The topological polar surface area (TPSA) is 84.4 Å². The van der Waals surface area contributed by atoms with Gasteiger partial charge in [0.2, 0.25) is 5.89 Å². The summed E-state index contributed by atoms with van der Waals surface area (Å²) in [5.74, 6) is 3.88. The predicted octanol–water partition coefficient (Wildman–Crippen LogP) is 3.02. The van der Waals surface area contributed by atoms with Crippen molar-refractivity contribution in [1.82, 2.24) is 20.4 Å². The minimum Gasteiger partial charge on any atom is -0.464 e. The number of likely N-dealkylation sites (tertiary alicyclic amines) is 1. The first-order valence-electron chi connectivity index (χ1n) is 9.64. The van der Waals surface area contributed by atoms with E-state index in [0.717, 1.165) is 56.2 Å². The Hall–Kier alpha value is -2.15. The van der Waals surface area contributed by atoms with E-state index in [2.05, 4.69) is 39.4 Å². The molecule has 2 saturated carbocycles. The van der Waals surface area contributed by atoms with Crippen molar-refractivity contribution in [2.45, 2.75) is 63.6 Å². The van der Waals surface area contributed by atoms with E-state index in [9.17, 15) is 4.79 Å². The maximum atomic E-state index is 12.1. The second-order valence-electron chi connectivity index (χ2n) is 7.96. The Morgan fingerprint density at radius 2 is 2.19 bits per heavy atom. The van der Waals surface area contributed by atoms with Gasteiger partial charge in [0.25, 0.3) is 11.7 Å². The van der Waals surface area contributed by atoms with E-state index in [-0.39, 0.29) is 23.8 Å². The van der Waals surface area contributed by atoms with Crippen LogP contribution in [0.1, 0.15) is 79.0 Å². The van der Waals surface area contributed by atoms with Crippen molar-refractivity contribution in [2.75, 3.05) is 6.54 Å². The minimum absolute atomic E-state index is 0.0540. The third-order valence-electron chi connectivity index (χ3n) is 5.72. The van der Waals surface area contributed by atoms with Crippen molar-refractivity contribution < 1.29 is 13.7 Å². The first-order valence-corrected chi connectivity index (χ1v) is 9.64. The van der Waals surface area contributed by atoms with Gasteiger partial charge in [-0.15, -0.1) is 0 Å². The Morgan fingerprint density at radius 3 is 2.96 bits per heavy atom. The van der Waals surface area contributed by atoms with Crippen molar-refractivity contribution >= 4 is 5.91 Å². The molecule has 1 aliphatic heterocycles. The quantitative estimate of drug-likeness (QED) is 0.856. The average Bonchev–Trinajstić information content (AvgIpc) is 3.37. The molecule has 0 radical (unpaired) electrons. The molecule has 1 amide bonds. The fourth-order valence-electron chi connectivity index (χ4n) is 3.83. The predicted molar refractivity (Wildman–Crippen MR) is 92.4 cm³/mol. The van der Waals surface area contributed by atoms with Gasteiger partial charge in [-0.25, -0.2) is 0 Å². The minimum atomic E-state index is -0.235. The zero-order valence-corrected chi connectivity index (χ0v) is 15.0. The number of amides is 1. The molecular weight excluding hydrogens is 332 g/mol. The standard InChI is InChI=1S/C19H24N4O3/c1-11-9-14(11)16-7-6-13(25-16)10-23-8-2-3-15(23)19-21-17(22-26-19)18(24)20-12-4-5-12/h6-7,11-12,14-15H,2-5,8-10H2,1H3,(H,20,24)/t11-,14-,15+/m1/s1. The van der Waals surface area contributed by atoms with Gasteiger partial charge in [-0.2, -0.15) is 4.98 Å². The lowest BCUT2D eigenvalue weighted by Gasteiger charge is -2.19. The van der Waals surface area contributed by atoms with Crippen molar-refractivity contribution in [2.24, 2.45) is 5.92 Å². The molecule has 3 aliphatic rings. The first kappa shape index (κ1) is 16.1. The molecule has 7 nitrogen and oxygen atoms in total. The van der Waals surface area contributed by atoms with Gasteiger partial charge in [-0.1, -0.05) is 12.1 Å². The summed E-state index contributed by atoms with van der Waals surface area (Å²) in [4.78, 5) is 18.7.